The fraction of sp³-hybridized carbons (Fsp3) is 0.364. The lowest BCUT2D eigenvalue weighted by molar-refractivity contribution is 0.0980. The zero-order chi connectivity index (χ0) is 10.8. The Hall–Kier alpha value is -1.16. The predicted octanol–water partition coefficient (Wildman–Crippen LogP) is 2.35. The minimum atomic E-state index is 0.167. The van der Waals surface area contributed by atoms with Gasteiger partial charge in [-0.05, 0) is 18.2 Å². The molecule has 0 unspecified atom stereocenters. The zero-order valence-electron chi connectivity index (χ0n) is 8.58. The van der Waals surface area contributed by atoms with Crippen molar-refractivity contribution in [2.45, 2.75) is 17.7 Å². The van der Waals surface area contributed by atoms with Crippen LogP contribution in [0, 0.1) is 0 Å². The quantitative estimate of drug-likeness (QED) is 0.742. The van der Waals surface area contributed by atoms with Gasteiger partial charge in [0, 0.05) is 28.6 Å². The van der Waals surface area contributed by atoms with E-state index in [-0.39, 0.29) is 5.78 Å². The van der Waals surface area contributed by atoms with Gasteiger partial charge >= 0.3 is 0 Å². The Balaban J connectivity index is 2.55. The number of fused-ring (bicyclic) bond motifs is 1. The van der Waals surface area contributed by atoms with Crippen LogP contribution < -0.4 is 10.5 Å². The Bertz CT molecular complexity index is 404. The van der Waals surface area contributed by atoms with Crippen LogP contribution in [0.1, 0.15) is 23.2 Å². The lowest BCUT2D eigenvalue weighted by Gasteiger charge is -2.10. The van der Waals surface area contributed by atoms with Gasteiger partial charge in [-0.3, -0.25) is 4.79 Å². The van der Waals surface area contributed by atoms with Crippen molar-refractivity contribution < 1.29 is 9.53 Å². The first kappa shape index (κ1) is 10.4. The number of carbonyl (C=O) groups excluding carboxylic acids is 1. The van der Waals surface area contributed by atoms with Gasteiger partial charge in [-0.15, -0.1) is 11.8 Å². The SMILES string of the molecule is COc1cc(N)c2c(c1)C(=O)CCCS2. The lowest BCUT2D eigenvalue weighted by Crippen LogP contribution is -2.02. The molecule has 0 saturated heterocycles. The second-order valence-electron chi connectivity index (χ2n) is 3.47. The van der Waals surface area contributed by atoms with Crippen molar-refractivity contribution in [3.63, 3.8) is 0 Å². The van der Waals surface area contributed by atoms with Crippen LogP contribution in [-0.2, 0) is 0 Å². The second-order valence-corrected chi connectivity index (χ2v) is 4.57. The van der Waals surface area contributed by atoms with Crippen LogP contribution >= 0.6 is 11.8 Å². The second kappa shape index (κ2) is 4.14. The van der Waals surface area contributed by atoms with Crippen LogP contribution in [0.2, 0.25) is 0 Å². The van der Waals surface area contributed by atoms with Gasteiger partial charge in [0.2, 0.25) is 0 Å². The van der Waals surface area contributed by atoms with E-state index in [4.69, 9.17) is 10.5 Å². The molecule has 0 bridgehead atoms. The molecule has 2 N–H and O–H groups in total. The van der Waals surface area contributed by atoms with Crippen molar-refractivity contribution in [3.8, 4) is 5.75 Å². The molecule has 2 rings (SSSR count). The molecule has 4 heteroatoms. The molecule has 1 aromatic rings. The van der Waals surface area contributed by atoms with Gasteiger partial charge in [-0.25, -0.2) is 0 Å². The van der Waals surface area contributed by atoms with E-state index in [1.807, 2.05) is 0 Å². The number of thioether (sulfide) groups is 1. The Kier molecular flexibility index (Phi) is 2.86. The van der Waals surface area contributed by atoms with E-state index in [2.05, 4.69) is 0 Å². The van der Waals surface area contributed by atoms with E-state index < -0.39 is 0 Å². The smallest absolute Gasteiger partial charge is 0.164 e. The normalized spacial score (nSPS) is 15.7. The van der Waals surface area contributed by atoms with Crippen LogP contribution in [0.15, 0.2) is 17.0 Å². The van der Waals surface area contributed by atoms with Crippen LogP contribution in [0.4, 0.5) is 5.69 Å². The minimum absolute atomic E-state index is 0.167. The molecular weight excluding hydrogens is 210 g/mol. The summed E-state index contributed by atoms with van der Waals surface area (Å²) in [5.74, 6) is 1.78. The summed E-state index contributed by atoms with van der Waals surface area (Å²) in [5, 5.41) is 0. The number of ketones is 1. The number of Topliss-reactive ketones (excluding diaryl/α,β-unsaturated/α-hetero) is 1. The van der Waals surface area contributed by atoms with Crippen molar-refractivity contribution in [1.29, 1.82) is 0 Å². The molecule has 0 radical (unpaired) electrons. The molecule has 0 saturated carbocycles. The molecule has 1 heterocycles. The highest BCUT2D eigenvalue weighted by Gasteiger charge is 2.19. The maximum Gasteiger partial charge on any atom is 0.164 e. The monoisotopic (exact) mass is 223 g/mol. The third-order valence-corrected chi connectivity index (χ3v) is 3.66. The molecule has 1 aromatic carbocycles. The molecule has 0 amide bonds. The molecule has 1 aliphatic heterocycles. The number of benzene rings is 1. The van der Waals surface area contributed by atoms with E-state index >= 15 is 0 Å². The first-order valence-electron chi connectivity index (χ1n) is 4.86. The Labute approximate surface area is 93.0 Å². The predicted molar refractivity (Wildman–Crippen MR) is 61.7 cm³/mol. The van der Waals surface area contributed by atoms with E-state index in [1.54, 1.807) is 31.0 Å². The Morgan fingerprint density at radius 2 is 2.27 bits per heavy atom. The summed E-state index contributed by atoms with van der Waals surface area (Å²) in [4.78, 5) is 12.7. The maximum atomic E-state index is 11.8. The van der Waals surface area contributed by atoms with Crippen LogP contribution in [0.5, 0.6) is 5.75 Å². The van der Waals surface area contributed by atoms with Gasteiger partial charge in [0.05, 0.1) is 7.11 Å². The standard InChI is InChI=1S/C11H13NO2S/c1-14-7-5-8-10(13)3-2-4-15-11(8)9(12)6-7/h5-6H,2-4,12H2,1H3. The molecular formula is C11H13NO2S. The van der Waals surface area contributed by atoms with E-state index in [0.29, 0.717) is 23.4 Å². The third kappa shape index (κ3) is 1.95. The van der Waals surface area contributed by atoms with Crippen LogP contribution in [0.25, 0.3) is 0 Å². The van der Waals surface area contributed by atoms with Crippen LogP contribution in [0.3, 0.4) is 0 Å². The number of rotatable bonds is 1. The number of nitrogen functional groups attached to an aromatic ring is 1. The van der Waals surface area contributed by atoms with Gasteiger partial charge in [0.25, 0.3) is 0 Å². The molecule has 1 aliphatic rings. The number of ether oxygens (including phenoxy) is 1. The van der Waals surface area contributed by atoms with E-state index in [9.17, 15) is 4.79 Å². The Morgan fingerprint density at radius 1 is 1.47 bits per heavy atom. The fourth-order valence-corrected chi connectivity index (χ4v) is 2.70. The topological polar surface area (TPSA) is 52.3 Å². The van der Waals surface area contributed by atoms with Gasteiger partial charge in [-0.1, -0.05) is 0 Å². The summed E-state index contributed by atoms with van der Waals surface area (Å²) >= 11 is 1.66. The highest BCUT2D eigenvalue weighted by molar-refractivity contribution is 7.99. The number of anilines is 1. The molecule has 0 atom stereocenters. The average Bonchev–Trinajstić information content (AvgIpc) is 2.41. The highest BCUT2D eigenvalue weighted by Crippen LogP contribution is 2.36. The van der Waals surface area contributed by atoms with Crippen molar-refractivity contribution in [3.05, 3.63) is 17.7 Å². The first-order valence-corrected chi connectivity index (χ1v) is 5.84. The zero-order valence-corrected chi connectivity index (χ0v) is 9.39. The van der Waals surface area contributed by atoms with Gasteiger partial charge in [0.1, 0.15) is 5.75 Å². The summed E-state index contributed by atoms with van der Waals surface area (Å²) < 4.78 is 5.11. The molecule has 0 fully saturated rings. The largest absolute Gasteiger partial charge is 0.497 e. The van der Waals surface area contributed by atoms with Crippen molar-refractivity contribution in [2.24, 2.45) is 0 Å². The summed E-state index contributed by atoms with van der Waals surface area (Å²) in [6.45, 7) is 0. The first-order chi connectivity index (χ1) is 7.22. The molecule has 0 spiro atoms. The third-order valence-electron chi connectivity index (χ3n) is 2.42. The Morgan fingerprint density at radius 3 is 3.00 bits per heavy atom. The van der Waals surface area contributed by atoms with Crippen molar-refractivity contribution in [1.82, 2.24) is 0 Å². The maximum absolute atomic E-state index is 11.8. The summed E-state index contributed by atoms with van der Waals surface area (Å²) in [5.41, 5.74) is 7.26. The van der Waals surface area contributed by atoms with Gasteiger partial charge in [0.15, 0.2) is 5.78 Å². The van der Waals surface area contributed by atoms with E-state index in [0.717, 1.165) is 17.1 Å². The lowest BCUT2D eigenvalue weighted by atomic mass is 10.1. The highest BCUT2D eigenvalue weighted by atomic mass is 32.2. The number of hydrogen-bond acceptors (Lipinski definition) is 4. The molecule has 3 nitrogen and oxygen atoms in total. The summed E-state index contributed by atoms with van der Waals surface area (Å²) in [7, 11) is 1.58. The minimum Gasteiger partial charge on any atom is -0.497 e. The van der Waals surface area contributed by atoms with Crippen molar-refractivity contribution in [2.75, 3.05) is 18.6 Å². The van der Waals surface area contributed by atoms with Gasteiger partial charge in [-0.2, -0.15) is 0 Å². The number of methoxy groups -OCH3 is 1. The number of carbonyl (C=O) groups is 1. The van der Waals surface area contributed by atoms with Gasteiger partial charge < -0.3 is 10.5 Å². The average molecular weight is 223 g/mol. The molecule has 0 aromatic heterocycles. The number of nitrogens with two attached hydrogens (primary N) is 1. The molecule has 0 aliphatic carbocycles. The van der Waals surface area contributed by atoms with Crippen LogP contribution in [-0.4, -0.2) is 18.6 Å². The molecule has 80 valence electrons. The summed E-state index contributed by atoms with van der Waals surface area (Å²) in [6, 6.07) is 3.55. The fourth-order valence-electron chi connectivity index (χ4n) is 1.65. The number of hydrogen-bond donors (Lipinski definition) is 1. The van der Waals surface area contributed by atoms with Crippen molar-refractivity contribution >= 4 is 23.2 Å². The van der Waals surface area contributed by atoms with E-state index in [1.165, 1.54) is 0 Å². The molecule has 15 heavy (non-hydrogen) atoms. The summed E-state index contributed by atoms with van der Waals surface area (Å²) in [6.07, 6.45) is 1.52.